The maximum atomic E-state index is 6.43. The van der Waals surface area contributed by atoms with Crippen LogP contribution in [0, 0.1) is 6.92 Å². The average Bonchev–Trinajstić information content (AvgIpc) is 3.42. The minimum absolute atomic E-state index is 0.516. The Hall–Kier alpha value is -2.44. The number of nitrogens with one attached hydrogen (secondary N) is 1. The monoisotopic (exact) mass is 409 g/mol. The molecule has 0 atom stereocenters. The van der Waals surface area contributed by atoms with Crippen molar-refractivity contribution in [3.8, 4) is 22.5 Å². The molecule has 1 fully saturated rings. The van der Waals surface area contributed by atoms with Crippen molar-refractivity contribution in [1.29, 1.82) is 0 Å². The first kappa shape index (κ1) is 17.6. The predicted octanol–water partition coefficient (Wildman–Crippen LogP) is 5.84. The molecule has 4 heterocycles. The molecule has 5 nitrogen and oxygen atoms in total. The molecule has 4 aromatic rings. The van der Waals surface area contributed by atoms with E-state index in [9.17, 15) is 0 Å². The molecule has 1 N–H and O–H groups in total. The maximum Gasteiger partial charge on any atom is 0.131 e. The van der Waals surface area contributed by atoms with Gasteiger partial charge >= 0.3 is 0 Å². The van der Waals surface area contributed by atoms with Gasteiger partial charge in [0, 0.05) is 23.2 Å². The number of thiazole rings is 1. The Morgan fingerprint density at radius 1 is 1.21 bits per heavy atom. The summed E-state index contributed by atoms with van der Waals surface area (Å²) in [5.41, 5.74) is 4.78. The second-order valence-electron chi connectivity index (χ2n) is 7.18. The smallest absolute Gasteiger partial charge is 0.131 e. The van der Waals surface area contributed by atoms with Crippen LogP contribution >= 0.6 is 22.9 Å². The van der Waals surface area contributed by atoms with E-state index in [1.165, 1.54) is 25.7 Å². The summed E-state index contributed by atoms with van der Waals surface area (Å²) in [6, 6.07) is 10.5. The Morgan fingerprint density at radius 3 is 2.86 bits per heavy atom. The number of rotatable bonds is 4. The van der Waals surface area contributed by atoms with Crippen molar-refractivity contribution < 1.29 is 0 Å². The SMILES string of the molecule is Cc1nc(-c2nn3c(Cl)cccc3c2-c2ccnc(NC3CCCC3)c2)cs1. The summed E-state index contributed by atoms with van der Waals surface area (Å²) in [6.45, 7) is 2.01. The van der Waals surface area contributed by atoms with Gasteiger partial charge in [-0.05, 0) is 49.6 Å². The van der Waals surface area contributed by atoms with Gasteiger partial charge in [-0.25, -0.2) is 14.5 Å². The van der Waals surface area contributed by atoms with Crippen LogP contribution in [-0.4, -0.2) is 25.6 Å². The number of fused-ring (bicyclic) bond motifs is 1. The fraction of sp³-hybridized carbons (Fsp3) is 0.286. The number of hydrogen-bond donors (Lipinski definition) is 1. The Kier molecular flexibility index (Phi) is 4.53. The molecule has 4 aromatic heterocycles. The first-order valence-electron chi connectivity index (χ1n) is 9.52. The van der Waals surface area contributed by atoms with E-state index in [1.807, 2.05) is 42.8 Å². The van der Waals surface area contributed by atoms with Crippen molar-refractivity contribution in [2.75, 3.05) is 5.32 Å². The number of pyridine rings is 2. The zero-order valence-corrected chi connectivity index (χ0v) is 17.1. The molecule has 142 valence electrons. The van der Waals surface area contributed by atoms with Crippen LogP contribution in [-0.2, 0) is 0 Å². The summed E-state index contributed by atoms with van der Waals surface area (Å²) < 4.78 is 1.78. The third kappa shape index (κ3) is 3.16. The first-order valence-corrected chi connectivity index (χ1v) is 10.8. The molecule has 1 aliphatic rings. The van der Waals surface area contributed by atoms with Gasteiger partial charge in [-0.15, -0.1) is 11.3 Å². The highest BCUT2D eigenvalue weighted by atomic mass is 35.5. The Bertz CT molecular complexity index is 1140. The van der Waals surface area contributed by atoms with Gasteiger partial charge in [0.05, 0.1) is 10.5 Å². The average molecular weight is 410 g/mol. The van der Waals surface area contributed by atoms with Gasteiger partial charge in [0.25, 0.3) is 0 Å². The maximum absolute atomic E-state index is 6.43. The van der Waals surface area contributed by atoms with E-state index in [2.05, 4.69) is 21.4 Å². The van der Waals surface area contributed by atoms with Crippen LogP contribution in [0.1, 0.15) is 30.7 Å². The van der Waals surface area contributed by atoms with Crippen LogP contribution in [0.3, 0.4) is 0 Å². The molecule has 0 aromatic carbocycles. The van der Waals surface area contributed by atoms with E-state index >= 15 is 0 Å². The van der Waals surface area contributed by atoms with Gasteiger partial charge in [0.1, 0.15) is 22.4 Å². The molecule has 1 saturated carbocycles. The van der Waals surface area contributed by atoms with E-state index < -0.39 is 0 Å². The molecule has 5 rings (SSSR count). The van der Waals surface area contributed by atoms with Gasteiger partial charge in [0.15, 0.2) is 0 Å². The predicted molar refractivity (Wildman–Crippen MR) is 115 cm³/mol. The lowest BCUT2D eigenvalue weighted by atomic mass is 10.0. The third-order valence-electron chi connectivity index (χ3n) is 5.23. The quantitative estimate of drug-likeness (QED) is 0.430. The number of nitrogens with zero attached hydrogens (tertiary/aromatic N) is 4. The third-order valence-corrected chi connectivity index (χ3v) is 6.29. The summed E-state index contributed by atoms with van der Waals surface area (Å²) in [4.78, 5) is 9.20. The largest absolute Gasteiger partial charge is 0.367 e. The van der Waals surface area contributed by atoms with Gasteiger partial charge in [-0.1, -0.05) is 30.5 Å². The fourth-order valence-corrected chi connectivity index (χ4v) is 4.72. The molecule has 0 amide bonds. The highest BCUT2D eigenvalue weighted by molar-refractivity contribution is 7.09. The number of aromatic nitrogens is 4. The first-order chi connectivity index (χ1) is 13.7. The number of halogens is 1. The van der Waals surface area contributed by atoms with Crippen molar-refractivity contribution in [3.63, 3.8) is 0 Å². The summed E-state index contributed by atoms with van der Waals surface area (Å²) in [7, 11) is 0. The fourth-order valence-electron chi connectivity index (χ4n) is 3.92. The van der Waals surface area contributed by atoms with Crippen molar-refractivity contribution in [1.82, 2.24) is 19.6 Å². The number of aryl methyl sites for hydroxylation is 1. The molecule has 0 unspecified atom stereocenters. The molecule has 0 spiro atoms. The molecule has 7 heteroatoms. The highest BCUT2D eigenvalue weighted by Crippen LogP contribution is 2.37. The molecule has 28 heavy (non-hydrogen) atoms. The number of anilines is 1. The lowest BCUT2D eigenvalue weighted by molar-refractivity contribution is 0.750. The minimum Gasteiger partial charge on any atom is -0.367 e. The van der Waals surface area contributed by atoms with Gasteiger partial charge < -0.3 is 5.32 Å². The zero-order chi connectivity index (χ0) is 19.1. The van der Waals surface area contributed by atoms with Crippen molar-refractivity contribution >= 4 is 34.3 Å². The lowest BCUT2D eigenvalue weighted by Crippen LogP contribution is -2.15. The standard InChI is InChI=1S/C21H20ClN5S/c1-13-24-16(12-28-13)21-20(17-7-4-8-18(22)27(17)26-21)14-9-10-23-19(11-14)25-15-5-2-3-6-15/h4,7-12,15H,2-3,5-6H2,1H3,(H,23,25). The summed E-state index contributed by atoms with van der Waals surface area (Å²) in [5.74, 6) is 0.909. The Balaban J connectivity index is 1.66. The second-order valence-corrected chi connectivity index (χ2v) is 8.63. The zero-order valence-electron chi connectivity index (χ0n) is 15.5. The van der Waals surface area contributed by atoms with Crippen LogP contribution < -0.4 is 5.32 Å². The Labute approximate surface area is 172 Å². The molecular formula is C21H20ClN5S. The summed E-state index contributed by atoms with van der Waals surface area (Å²) in [5, 5.41) is 12.0. The molecule has 0 saturated heterocycles. The topological polar surface area (TPSA) is 55.1 Å². The molecule has 0 aliphatic heterocycles. The molecular weight excluding hydrogens is 390 g/mol. The van der Waals surface area contributed by atoms with Crippen LogP contribution in [0.25, 0.3) is 28.0 Å². The highest BCUT2D eigenvalue weighted by Gasteiger charge is 2.21. The molecule has 1 aliphatic carbocycles. The van der Waals surface area contributed by atoms with Crippen molar-refractivity contribution in [2.45, 2.75) is 38.6 Å². The van der Waals surface area contributed by atoms with Gasteiger partial charge in [-0.2, -0.15) is 5.10 Å². The van der Waals surface area contributed by atoms with E-state index in [0.29, 0.717) is 11.2 Å². The Morgan fingerprint density at radius 2 is 2.07 bits per heavy atom. The van der Waals surface area contributed by atoms with Crippen LogP contribution in [0.4, 0.5) is 5.82 Å². The normalized spacial score (nSPS) is 14.8. The van der Waals surface area contributed by atoms with Crippen LogP contribution in [0.2, 0.25) is 5.15 Å². The van der Waals surface area contributed by atoms with Crippen molar-refractivity contribution in [2.24, 2.45) is 0 Å². The van der Waals surface area contributed by atoms with Gasteiger partial charge in [-0.3, -0.25) is 0 Å². The van der Waals surface area contributed by atoms with E-state index in [0.717, 1.165) is 38.9 Å². The van der Waals surface area contributed by atoms with Crippen LogP contribution in [0.15, 0.2) is 41.9 Å². The minimum atomic E-state index is 0.516. The van der Waals surface area contributed by atoms with E-state index in [1.54, 1.807) is 15.9 Å². The summed E-state index contributed by atoms with van der Waals surface area (Å²) in [6.07, 6.45) is 6.86. The van der Waals surface area contributed by atoms with E-state index in [4.69, 9.17) is 16.7 Å². The van der Waals surface area contributed by atoms with Gasteiger partial charge in [0.2, 0.25) is 0 Å². The number of hydrogen-bond acceptors (Lipinski definition) is 5. The van der Waals surface area contributed by atoms with Crippen LogP contribution in [0.5, 0.6) is 0 Å². The second kappa shape index (κ2) is 7.18. The van der Waals surface area contributed by atoms with Crippen molar-refractivity contribution in [3.05, 3.63) is 52.1 Å². The molecule has 0 bridgehead atoms. The molecule has 0 radical (unpaired) electrons. The van der Waals surface area contributed by atoms with E-state index in [-0.39, 0.29) is 0 Å². The summed E-state index contributed by atoms with van der Waals surface area (Å²) >= 11 is 8.05. The lowest BCUT2D eigenvalue weighted by Gasteiger charge is -2.13.